The molecule has 1 aromatic rings. The molecule has 0 bridgehead atoms. The van der Waals surface area contributed by atoms with Gasteiger partial charge in [-0.2, -0.15) is 5.10 Å². The van der Waals surface area contributed by atoms with Crippen molar-refractivity contribution in [2.45, 2.75) is 20.8 Å². The number of rotatable bonds is 2. The van der Waals surface area contributed by atoms with Gasteiger partial charge in [-0.15, -0.1) is 0 Å². The number of allylic oxidation sites excluding steroid dienone is 1. The van der Waals surface area contributed by atoms with E-state index in [1.807, 2.05) is 20.8 Å². The molecule has 0 aliphatic carbocycles. The zero-order valence-corrected chi connectivity index (χ0v) is 7.91. The Kier molecular flexibility index (Phi) is 4.69. The van der Waals surface area contributed by atoms with Crippen LogP contribution in [-0.2, 0) is 0 Å². The first-order valence-electron chi connectivity index (χ1n) is 3.92. The highest BCUT2D eigenvalue weighted by atomic mass is 15.3. The van der Waals surface area contributed by atoms with Crippen molar-refractivity contribution in [3.8, 4) is 0 Å². The Bertz CT molecular complexity index is 260. The number of hydrogen-bond acceptors (Lipinski definition) is 2. The third-order valence-corrected chi connectivity index (χ3v) is 1.15. The van der Waals surface area contributed by atoms with E-state index in [9.17, 15) is 0 Å². The number of nitrogens with zero attached hydrogens (tertiary/aromatic N) is 3. The van der Waals surface area contributed by atoms with E-state index in [4.69, 9.17) is 0 Å². The predicted molar refractivity (Wildman–Crippen MR) is 53.8 cm³/mol. The van der Waals surface area contributed by atoms with Crippen molar-refractivity contribution in [2.24, 2.45) is 4.99 Å². The van der Waals surface area contributed by atoms with Crippen LogP contribution in [0.15, 0.2) is 23.8 Å². The fraction of sp³-hybridized carbons (Fsp3) is 0.333. The van der Waals surface area contributed by atoms with Crippen molar-refractivity contribution in [3.63, 3.8) is 0 Å². The zero-order valence-electron chi connectivity index (χ0n) is 7.91. The van der Waals surface area contributed by atoms with Crippen LogP contribution in [-0.4, -0.2) is 16.5 Å². The van der Waals surface area contributed by atoms with Gasteiger partial charge in [-0.05, 0) is 13.6 Å². The molecule has 0 saturated carbocycles. The van der Waals surface area contributed by atoms with Crippen molar-refractivity contribution in [1.29, 1.82) is 0 Å². The highest BCUT2D eigenvalue weighted by Crippen LogP contribution is 2.12. The lowest BCUT2D eigenvalue weighted by molar-refractivity contribution is 0.899. The second-order valence-electron chi connectivity index (χ2n) is 1.99. The molecule has 0 fully saturated rings. The van der Waals surface area contributed by atoms with E-state index < -0.39 is 0 Å². The molecular weight excluding hydrogens is 150 g/mol. The van der Waals surface area contributed by atoms with Crippen LogP contribution >= 0.6 is 0 Å². The summed E-state index contributed by atoms with van der Waals surface area (Å²) in [6.07, 6.45) is 1.67. The third kappa shape index (κ3) is 2.34. The minimum Gasteiger partial charge on any atom is -0.245 e. The highest BCUT2D eigenvalue weighted by Gasteiger charge is 1.97. The van der Waals surface area contributed by atoms with Gasteiger partial charge in [0.2, 0.25) is 0 Å². The van der Waals surface area contributed by atoms with Crippen molar-refractivity contribution >= 4 is 18.2 Å². The summed E-state index contributed by atoms with van der Waals surface area (Å²) in [5, 5.41) is 3.97. The van der Waals surface area contributed by atoms with E-state index in [1.165, 1.54) is 0 Å². The van der Waals surface area contributed by atoms with E-state index in [1.54, 1.807) is 16.9 Å². The largest absolute Gasteiger partial charge is 0.245 e. The second-order valence-corrected chi connectivity index (χ2v) is 1.99. The molecule has 66 valence electrons. The summed E-state index contributed by atoms with van der Waals surface area (Å²) in [6.45, 7) is 13.0. The molecule has 0 aromatic carbocycles. The van der Waals surface area contributed by atoms with Gasteiger partial charge < -0.3 is 0 Å². The maximum Gasteiger partial charge on any atom is 0.154 e. The summed E-state index contributed by atoms with van der Waals surface area (Å²) in [5.74, 6) is 0.729. The van der Waals surface area contributed by atoms with Gasteiger partial charge in [0.25, 0.3) is 0 Å². The summed E-state index contributed by atoms with van der Waals surface area (Å²) >= 11 is 0. The average Bonchev–Trinajstić information content (AvgIpc) is 2.55. The maximum atomic E-state index is 3.97. The molecule has 1 heterocycles. The Balaban J connectivity index is 0.000000561. The molecule has 3 nitrogen and oxygen atoms in total. The lowest BCUT2D eigenvalue weighted by Gasteiger charge is -1.99. The summed E-state index contributed by atoms with van der Waals surface area (Å²) in [4.78, 5) is 3.74. The smallest absolute Gasteiger partial charge is 0.154 e. The Labute approximate surface area is 73.4 Å². The quantitative estimate of drug-likeness (QED) is 0.620. The van der Waals surface area contributed by atoms with Gasteiger partial charge >= 0.3 is 0 Å². The van der Waals surface area contributed by atoms with Gasteiger partial charge in [0.15, 0.2) is 5.82 Å². The Morgan fingerprint density at radius 1 is 1.58 bits per heavy atom. The summed E-state index contributed by atoms with van der Waals surface area (Å²) in [5.41, 5.74) is 0.840. The van der Waals surface area contributed by atoms with Gasteiger partial charge in [0.1, 0.15) is 0 Å². The van der Waals surface area contributed by atoms with E-state index in [-0.39, 0.29) is 0 Å². The minimum absolute atomic E-state index is 0.729. The number of aromatic nitrogens is 2. The topological polar surface area (TPSA) is 30.2 Å². The van der Waals surface area contributed by atoms with E-state index in [0.717, 1.165) is 11.5 Å². The van der Waals surface area contributed by atoms with Gasteiger partial charge in [-0.25, -0.2) is 9.67 Å². The number of hydrogen-bond donors (Lipinski definition) is 0. The molecule has 1 rings (SSSR count). The van der Waals surface area contributed by atoms with Crippen LogP contribution in [0, 0.1) is 0 Å². The van der Waals surface area contributed by atoms with Gasteiger partial charge in [-0.1, -0.05) is 20.4 Å². The highest BCUT2D eigenvalue weighted by molar-refractivity contribution is 5.49. The molecule has 0 aliphatic heterocycles. The SMILES string of the molecule is C=Nc1ccnn1C(=C)C.CC. The summed E-state index contributed by atoms with van der Waals surface area (Å²) in [6, 6.07) is 1.78. The summed E-state index contributed by atoms with van der Waals surface area (Å²) in [7, 11) is 0. The number of aliphatic imine (C=N–C) groups is 1. The van der Waals surface area contributed by atoms with Crippen LogP contribution in [0.2, 0.25) is 0 Å². The molecule has 12 heavy (non-hydrogen) atoms. The first-order valence-corrected chi connectivity index (χ1v) is 3.92. The maximum absolute atomic E-state index is 3.97. The van der Waals surface area contributed by atoms with Gasteiger partial charge in [0, 0.05) is 11.8 Å². The fourth-order valence-corrected chi connectivity index (χ4v) is 0.710. The van der Waals surface area contributed by atoms with Crippen molar-refractivity contribution < 1.29 is 0 Å². The monoisotopic (exact) mass is 165 g/mol. The van der Waals surface area contributed by atoms with Crippen LogP contribution in [0.5, 0.6) is 0 Å². The molecular formula is C9H15N3. The van der Waals surface area contributed by atoms with E-state index in [2.05, 4.69) is 23.4 Å². The van der Waals surface area contributed by atoms with Crippen LogP contribution < -0.4 is 0 Å². The third-order valence-electron chi connectivity index (χ3n) is 1.15. The van der Waals surface area contributed by atoms with Crippen molar-refractivity contribution in [1.82, 2.24) is 9.78 Å². The van der Waals surface area contributed by atoms with Crippen LogP contribution in [0.25, 0.3) is 5.70 Å². The first-order chi connectivity index (χ1) is 5.75. The molecule has 3 heteroatoms. The molecule has 0 unspecified atom stereocenters. The Morgan fingerprint density at radius 2 is 2.17 bits per heavy atom. The van der Waals surface area contributed by atoms with Crippen LogP contribution in [0.3, 0.4) is 0 Å². The fourth-order valence-electron chi connectivity index (χ4n) is 0.710. The molecule has 0 atom stereocenters. The molecule has 0 aliphatic rings. The molecule has 0 radical (unpaired) electrons. The van der Waals surface area contributed by atoms with Crippen molar-refractivity contribution in [3.05, 3.63) is 18.8 Å². The summed E-state index contributed by atoms with van der Waals surface area (Å²) < 4.78 is 1.63. The van der Waals surface area contributed by atoms with E-state index in [0.29, 0.717) is 0 Å². The molecule has 0 amide bonds. The second kappa shape index (κ2) is 5.29. The van der Waals surface area contributed by atoms with Crippen LogP contribution in [0.1, 0.15) is 20.8 Å². The predicted octanol–water partition coefficient (Wildman–Crippen LogP) is 2.73. The lowest BCUT2D eigenvalue weighted by atomic mass is 10.5. The normalized spacial score (nSPS) is 8.25. The Hall–Kier alpha value is -1.38. The average molecular weight is 165 g/mol. The Morgan fingerprint density at radius 3 is 2.50 bits per heavy atom. The van der Waals surface area contributed by atoms with Gasteiger partial charge in [0.05, 0.1) is 6.20 Å². The molecule has 0 N–H and O–H groups in total. The molecule has 0 saturated heterocycles. The first kappa shape index (κ1) is 10.6. The molecule has 1 aromatic heterocycles. The zero-order chi connectivity index (χ0) is 9.56. The standard InChI is InChI=1S/C7H9N3.C2H6/c1-6(2)10-7(8-3)4-5-9-10;1-2/h4-5H,1,3H2,2H3;1-2H3. The van der Waals surface area contributed by atoms with Crippen molar-refractivity contribution in [2.75, 3.05) is 0 Å². The molecule has 0 spiro atoms. The van der Waals surface area contributed by atoms with Gasteiger partial charge in [-0.3, -0.25) is 0 Å². The van der Waals surface area contributed by atoms with E-state index >= 15 is 0 Å². The minimum atomic E-state index is 0.729. The van der Waals surface area contributed by atoms with Crippen LogP contribution in [0.4, 0.5) is 5.82 Å². The lowest BCUT2D eigenvalue weighted by Crippen LogP contribution is -1.92.